The molecule has 2 unspecified atom stereocenters. The maximum Gasteiger partial charge on any atom is 0.244 e. The van der Waals surface area contributed by atoms with Crippen molar-refractivity contribution in [2.45, 2.75) is 38.8 Å². The van der Waals surface area contributed by atoms with E-state index in [0.29, 0.717) is 17.7 Å². The molecule has 2 rings (SSSR count). The molecule has 1 aromatic rings. The van der Waals surface area contributed by atoms with Gasteiger partial charge in [-0.1, -0.05) is 6.92 Å². The fraction of sp³-hybridized carbons (Fsp3) is 0.818. The molecule has 1 fully saturated rings. The van der Waals surface area contributed by atoms with Crippen LogP contribution in [-0.2, 0) is 5.60 Å². The topological polar surface area (TPSA) is 91.1 Å². The van der Waals surface area contributed by atoms with Gasteiger partial charge in [0.05, 0.1) is 0 Å². The molecule has 1 aromatic heterocycles. The minimum atomic E-state index is -0.990. The molecular weight excluding hydrogens is 218 g/mol. The van der Waals surface area contributed by atoms with Gasteiger partial charge in [0.15, 0.2) is 5.82 Å². The van der Waals surface area contributed by atoms with E-state index in [1.54, 1.807) is 13.8 Å². The van der Waals surface area contributed by atoms with Gasteiger partial charge in [-0.25, -0.2) is 0 Å². The Hall–Kier alpha value is -1.14. The highest BCUT2D eigenvalue weighted by Crippen LogP contribution is 2.22. The number of aliphatic hydroxyl groups is 1. The standard InChI is InChI=1S/C11H21N5O/c1-7-4-5-16(6-8(7)12)10-13-9(14-15-10)11(2,3)17/h7-8,17H,4-6,12H2,1-3H3,(H,13,14,15). The molecule has 17 heavy (non-hydrogen) atoms. The Labute approximate surface area is 101 Å². The SMILES string of the molecule is CC1CCN(c2n[nH]c(C(C)(C)O)n2)CC1N. The average Bonchev–Trinajstić information content (AvgIpc) is 2.70. The minimum Gasteiger partial charge on any atom is -0.382 e. The number of nitrogens with one attached hydrogen (secondary N) is 1. The Balaban J connectivity index is 2.11. The number of aromatic amines is 1. The van der Waals surface area contributed by atoms with Crippen LogP contribution in [-0.4, -0.2) is 39.4 Å². The van der Waals surface area contributed by atoms with Crippen molar-refractivity contribution in [2.24, 2.45) is 11.7 Å². The van der Waals surface area contributed by atoms with E-state index in [-0.39, 0.29) is 6.04 Å². The molecule has 1 aliphatic rings. The molecule has 0 bridgehead atoms. The summed E-state index contributed by atoms with van der Waals surface area (Å²) in [4.78, 5) is 6.38. The van der Waals surface area contributed by atoms with Gasteiger partial charge < -0.3 is 15.7 Å². The van der Waals surface area contributed by atoms with E-state index in [9.17, 15) is 5.11 Å². The molecule has 0 saturated carbocycles. The van der Waals surface area contributed by atoms with Crippen LogP contribution in [0.2, 0.25) is 0 Å². The van der Waals surface area contributed by atoms with Gasteiger partial charge in [0.1, 0.15) is 5.60 Å². The van der Waals surface area contributed by atoms with E-state index in [1.807, 2.05) is 0 Å². The van der Waals surface area contributed by atoms with Crippen molar-refractivity contribution in [2.75, 3.05) is 18.0 Å². The molecule has 6 heteroatoms. The molecule has 0 aliphatic carbocycles. The molecule has 0 amide bonds. The van der Waals surface area contributed by atoms with Crippen LogP contribution in [0.1, 0.15) is 33.0 Å². The Bertz CT molecular complexity index is 383. The molecule has 4 N–H and O–H groups in total. The van der Waals surface area contributed by atoms with Crippen LogP contribution in [0.5, 0.6) is 0 Å². The molecule has 1 aliphatic heterocycles. The average molecular weight is 239 g/mol. The fourth-order valence-electron chi connectivity index (χ4n) is 1.95. The number of H-pyrrole nitrogens is 1. The number of piperidine rings is 1. The number of rotatable bonds is 2. The van der Waals surface area contributed by atoms with Crippen LogP contribution in [0.3, 0.4) is 0 Å². The van der Waals surface area contributed by atoms with Gasteiger partial charge >= 0.3 is 0 Å². The van der Waals surface area contributed by atoms with Crippen LogP contribution in [0.15, 0.2) is 0 Å². The van der Waals surface area contributed by atoms with Crippen LogP contribution in [0.4, 0.5) is 5.95 Å². The van der Waals surface area contributed by atoms with Crippen molar-refractivity contribution in [1.29, 1.82) is 0 Å². The summed E-state index contributed by atoms with van der Waals surface area (Å²) in [5, 5.41) is 16.7. The van der Waals surface area contributed by atoms with Crippen molar-refractivity contribution in [3.63, 3.8) is 0 Å². The summed E-state index contributed by atoms with van der Waals surface area (Å²) >= 11 is 0. The van der Waals surface area contributed by atoms with Crippen molar-refractivity contribution >= 4 is 5.95 Å². The predicted octanol–water partition coefficient (Wildman–Crippen LogP) is 0.206. The zero-order valence-electron chi connectivity index (χ0n) is 10.6. The number of anilines is 1. The quantitative estimate of drug-likeness (QED) is 0.686. The summed E-state index contributed by atoms with van der Waals surface area (Å²) in [5.41, 5.74) is 5.05. The van der Waals surface area contributed by atoms with E-state index in [0.717, 1.165) is 19.5 Å². The van der Waals surface area contributed by atoms with Gasteiger partial charge in [-0.15, -0.1) is 5.10 Å². The van der Waals surface area contributed by atoms with E-state index >= 15 is 0 Å². The number of nitrogens with zero attached hydrogens (tertiary/aromatic N) is 3. The van der Waals surface area contributed by atoms with Crippen molar-refractivity contribution in [1.82, 2.24) is 15.2 Å². The second-order valence-corrected chi connectivity index (χ2v) is 5.42. The van der Waals surface area contributed by atoms with Crippen LogP contribution < -0.4 is 10.6 Å². The first kappa shape index (κ1) is 12.3. The smallest absolute Gasteiger partial charge is 0.244 e. The minimum absolute atomic E-state index is 0.160. The lowest BCUT2D eigenvalue weighted by Gasteiger charge is -2.34. The lowest BCUT2D eigenvalue weighted by molar-refractivity contribution is 0.0691. The van der Waals surface area contributed by atoms with Crippen molar-refractivity contribution < 1.29 is 5.11 Å². The van der Waals surface area contributed by atoms with Gasteiger partial charge in [-0.3, -0.25) is 5.10 Å². The van der Waals surface area contributed by atoms with E-state index < -0.39 is 5.60 Å². The third-order valence-corrected chi connectivity index (χ3v) is 3.35. The molecule has 0 spiro atoms. The summed E-state index contributed by atoms with van der Waals surface area (Å²) in [6.07, 6.45) is 1.05. The van der Waals surface area contributed by atoms with E-state index in [1.165, 1.54) is 0 Å². The summed E-state index contributed by atoms with van der Waals surface area (Å²) in [7, 11) is 0. The van der Waals surface area contributed by atoms with Gasteiger partial charge in [0, 0.05) is 19.1 Å². The van der Waals surface area contributed by atoms with Crippen molar-refractivity contribution in [3.05, 3.63) is 5.82 Å². The zero-order valence-corrected chi connectivity index (χ0v) is 10.6. The van der Waals surface area contributed by atoms with E-state index in [4.69, 9.17) is 5.73 Å². The second-order valence-electron chi connectivity index (χ2n) is 5.42. The predicted molar refractivity (Wildman–Crippen MR) is 65.6 cm³/mol. The Morgan fingerprint density at radius 2 is 2.24 bits per heavy atom. The summed E-state index contributed by atoms with van der Waals surface area (Å²) in [5.74, 6) is 1.66. The summed E-state index contributed by atoms with van der Waals surface area (Å²) in [6, 6.07) is 0.160. The highest BCUT2D eigenvalue weighted by Gasteiger charge is 2.27. The zero-order chi connectivity index (χ0) is 12.6. The first-order valence-corrected chi connectivity index (χ1v) is 6.03. The number of hydrogen-bond acceptors (Lipinski definition) is 5. The Morgan fingerprint density at radius 3 is 2.76 bits per heavy atom. The molecule has 2 heterocycles. The molecule has 0 radical (unpaired) electrons. The second kappa shape index (κ2) is 4.27. The lowest BCUT2D eigenvalue weighted by atomic mass is 9.95. The number of aromatic nitrogens is 3. The highest BCUT2D eigenvalue weighted by molar-refractivity contribution is 5.31. The van der Waals surface area contributed by atoms with Crippen LogP contribution >= 0.6 is 0 Å². The number of hydrogen-bond donors (Lipinski definition) is 3. The van der Waals surface area contributed by atoms with Crippen molar-refractivity contribution in [3.8, 4) is 0 Å². The van der Waals surface area contributed by atoms with Crippen LogP contribution in [0, 0.1) is 5.92 Å². The van der Waals surface area contributed by atoms with Crippen LogP contribution in [0.25, 0.3) is 0 Å². The van der Waals surface area contributed by atoms with Gasteiger partial charge in [-0.2, -0.15) is 4.98 Å². The fourth-order valence-corrected chi connectivity index (χ4v) is 1.95. The Kier molecular flexibility index (Phi) is 3.09. The number of nitrogens with two attached hydrogens (primary N) is 1. The highest BCUT2D eigenvalue weighted by atomic mass is 16.3. The Morgan fingerprint density at radius 1 is 1.53 bits per heavy atom. The molecule has 6 nitrogen and oxygen atoms in total. The first-order valence-electron chi connectivity index (χ1n) is 6.03. The first-order chi connectivity index (χ1) is 7.88. The maximum atomic E-state index is 9.82. The monoisotopic (exact) mass is 239 g/mol. The van der Waals surface area contributed by atoms with Gasteiger partial charge in [-0.05, 0) is 26.2 Å². The summed E-state index contributed by atoms with van der Waals surface area (Å²) < 4.78 is 0. The van der Waals surface area contributed by atoms with Gasteiger partial charge in [0.2, 0.25) is 5.95 Å². The molecular formula is C11H21N5O. The normalized spacial score (nSPS) is 26.3. The third kappa shape index (κ3) is 2.58. The maximum absolute atomic E-state index is 9.82. The third-order valence-electron chi connectivity index (χ3n) is 3.35. The molecule has 96 valence electrons. The summed E-state index contributed by atoms with van der Waals surface area (Å²) in [6.45, 7) is 7.22. The largest absolute Gasteiger partial charge is 0.382 e. The molecule has 1 saturated heterocycles. The molecule has 2 atom stereocenters. The van der Waals surface area contributed by atoms with E-state index in [2.05, 4.69) is 27.0 Å². The lowest BCUT2D eigenvalue weighted by Crippen LogP contribution is -2.48. The van der Waals surface area contributed by atoms with Gasteiger partial charge in [0.25, 0.3) is 0 Å². The molecule has 0 aromatic carbocycles.